The lowest BCUT2D eigenvalue weighted by molar-refractivity contribution is 0.102. The number of sulfonamides is 1. The lowest BCUT2D eigenvalue weighted by Gasteiger charge is -2.12. The van der Waals surface area contributed by atoms with Crippen LogP contribution in [0.3, 0.4) is 0 Å². The topological polar surface area (TPSA) is 84.5 Å². The maximum Gasteiger partial charge on any atom is 0.255 e. The van der Waals surface area contributed by atoms with Crippen molar-refractivity contribution >= 4 is 21.6 Å². The minimum atomic E-state index is -3.62. The monoisotopic (exact) mass is 376 g/mol. The maximum atomic E-state index is 12.6. The van der Waals surface area contributed by atoms with Crippen molar-refractivity contribution in [2.45, 2.75) is 38.7 Å². The normalized spacial score (nSPS) is 11.4. The van der Waals surface area contributed by atoms with Crippen molar-refractivity contribution in [3.05, 3.63) is 53.6 Å². The highest BCUT2D eigenvalue weighted by atomic mass is 32.2. The highest BCUT2D eigenvalue weighted by molar-refractivity contribution is 7.89. The summed E-state index contributed by atoms with van der Waals surface area (Å²) in [5.74, 6) is 0.349. The average molecular weight is 376 g/mol. The third-order valence-corrected chi connectivity index (χ3v) is 5.13. The van der Waals surface area contributed by atoms with E-state index < -0.39 is 10.0 Å². The molecule has 7 heteroatoms. The van der Waals surface area contributed by atoms with Crippen molar-refractivity contribution in [1.29, 1.82) is 0 Å². The van der Waals surface area contributed by atoms with Crippen LogP contribution in [-0.2, 0) is 10.0 Å². The molecule has 0 aliphatic heterocycles. The Balaban J connectivity index is 2.21. The van der Waals surface area contributed by atoms with Crippen molar-refractivity contribution in [2.75, 3.05) is 11.9 Å². The largest absolute Gasteiger partial charge is 0.491 e. The van der Waals surface area contributed by atoms with Crippen molar-refractivity contribution < 1.29 is 17.9 Å². The molecule has 140 valence electrons. The summed E-state index contributed by atoms with van der Waals surface area (Å²) in [4.78, 5) is 12.6. The van der Waals surface area contributed by atoms with Crippen LogP contribution in [0.1, 0.15) is 36.7 Å². The predicted octanol–water partition coefficient (Wildman–Crippen LogP) is 3.33. The third kappa shape index (κ3) is 5.06. The highest BCUT2D eigenvalue weighted by Crippen LogP contribution is 2.20. The molecule has 0 fully saturated rings. The van der Waals surface area contributed by atoms with Gasteiger partial charge in [-0.05, 0) is 62.7 Å². The molecule has 0 saturated carbocycles. The zero-order valence-corrected chi connectivity index (χ0v) is 16.2. The first kappa shape index (κ1) is 19.9. The lowest BCUT2D eigenvalue weighted by atomic mass is 10.1. The smallest absolute Gasteiger partial charge is 0.255 e. The van der Waals surface area contributed by atoms with Gasteiger partial charge in [0.25, 0.3) is 5.91 Å². The van der Waals surface area contributed by atoms with Crippen LogP contribution in [0.25, 0.3) is 0 Å². The first-order chi connectivity index (χ1) is 12.2. The molecule has 0 radical (unpaired) electrons. The fraction of sp³-hybridized carbons (Fsp3) is 0.316. The Morgan fingerprint density at radius 2 is 1.77 bits per heavy atom. The molecular weight excluding hydrogens is 352 g/mol. The van der Waals surface area contributed by atoms with Gasteiger partial charge in [0, 0.05) is 17.8 Å². The summed E-state index contributed by atoms with van der Waals surface area (Å²) in [6.45, 7) is 7.62. The van der Waals surface area contributed by atoms with E-state index in [0.29, 0.717) is 22.6 Å². The van der Waals surface area contributed by atoms with E-state index in [9.17, 15) is 13.2 Å². The average Bonchev–Trinajstić information content (AvgIpc) is 2.56. The molecule has 0 unspecified atom stereocenters. The minimum Gasteiger partial charge on any atom is -0.491 e. The Kier molecular flexibility index (Phi) is 6.39. The van der Waals surface area contributed by atoms with Gasteiger partial charge >= 0.3 is 0 Å². The third-order valence-electron chi connectivity index (χ3n) is 3.58. The molecule has 2 aromatic rings. The Bertz CT molecular complexity index is 875. The summed E-state index contributed by atoms with van der Waals surface area (Å²) < 4.78 is 32.3. The molecule has 6 nitrogen and oxygen atoms in total. The van der Waals surface area contributed by atoms with Crippen molar-refractivity contribution in [1.82, 2.24) is 4.72 Å². The number of hydrogen-bond donors (Lipinski definition) is 2. The second-order valence-electron chi connectivity index (χ2n) is 6.12. The van der Waals surface area contributed by atoms with Crippen LogP contribution in [0, 0.1) is 6.92 Å². The molecule has 0 heterocycles. The molecule has 2 aromatic carbocycles. The first-order valence-corrected chi connectivity index (χ1v) is 9.89. The molecule has 0 aliphatic carbocycles. The molecule has 0 spiro atoms. The number of rotatable bonds is 7. The Morgan fingerprint density at radius 1 is 1.12 bits per heavy atom. The zero-order chi connectivity index (χ0) is 19.3. The summed E-state index contributed by atoms with van der Waals surface area (Å²) in [5.41, 5.74) is 1.61. The maximum absolute atomic E-state index is 12.6. The number of carbonyl (C=O) groups excluding carboxylic acids is 1. The quantitative estimate of drug-likeness (QED) is 0.776. The Labute approximate surface area is 154 Å². The van der Waals surface area contributed by atoms with Gasteiger partial charge in [-0.2, -0.15) is 0 Å². The van der Waals surface area contributed by atoms with Gasteiger partial charge in [0.2, 0.25) is 10.0 Å². The summed E-state index contributed by atoms with van der Waals surface area (Å²) in [6, 6.07) is 11.5. The van der Waals surface area contributed by atoms with Crippen LogP contribution >= 0.6 is 0 Å². The number of benzene rings is 2. The molecule has 0 aromatic heterocycles. The van der Waals surface area contributed by atoms with E-state index in [1.165, 1.54) is 12.1 Å². The predicted molar refractivity (Wildman–Crippen MR) is 102 cm³/mol. The van der Waals surface area contributed by atoms with Crippen LogP contribution in [0.4, 0.5) is 5.69 Å². The second-order valence-corrected chi connectivity index (χ2v) is 7.89. The molecule has 0 atom stereocenters. The van der Waals surface area contributed by atoms with E-state index in [1.54, 1.807) is 44.2 Å². The second kappa shape index (κ2) is 8.33. The van der Waals surface area contributed by atoms with Crippen molar-refractivity contribution in [3.8, 4) is 5.75 Å². The first-order valence-electron chi connectivity index (χ1n) is 8.41. The number of ether oxygens (including phenoxy) is 1. The van der Waals surface area contributed by atoms with Crippen LogP contribution in [-0.4, -0.2) is 27.0 Å². The van der Waals surface area contributed by atoms with E-state index in [-0.39, 0.29) is 23.5 Å². The zero-order valence-electron chi connectivity index (χ0n) is 15.4. The van der Waals surface area contributed by atoms with Gasteiger partial charge in [-0.3, -0.25) is 4.79 Å². The van der Waals surface area contributed by atoms with E-state index in [4.69, 9.17) is 4.74 Å². The van der Waals surface area contributed by atoms with Crippen LogP contribution in [0.15, 0.2) is 47.4 Å². The summed E-state index contributed by atoms with van der Waals surface area (Å²) >= 11 is 0. The fourth-order valence-corrected chi connectivity index (χ4v) is 3.44. The summed E-state index contributed by atoms with van der Waals surface area (Å²) in [7, 11) is -3.62. The van der Waals surface area contributed by atoms with Gasteiger partial charge in [0.15, 0.2) is 0 Å². The lowest BCUT2D eigenvalue weighted by Crippen LogP contribution is -2.24. The van der Waals surface area contributed by atoms with E-state index in [0.717, 1.165) is 0 Å². The number of hydrogen-bond acceptors (Lipinski definition) is 4. The van der Waals surface area contributed by atoms with Gasteiger partial charge in [-0.25, -0.2) is 13.1 Å². The van der Waals surface area contributed by atoms with Gasteiger partial charge < -0.3 is 10.1 Å². The van der Waals surface area contributed by atoms with Gasteiger partial charge in [0.05, 0.1) is 11.0 Å². The van der Waals surface area contributed by atoms with Gasteiger partial charge in [0.1, 0.15) is 5.75 Å². The summed E-state index contributed by atoms with van der Waals surface area (Å²) in [6.07, 6.45) is 0.0690. The molecule has 26 heavy (non-hydrogen) atoms. The molecule has 1 amide bonds. The number of anilines is 1. The number of aryl methyl sites for hydroxylation is 1. The molecular formula is C19H24N2O4S. The molecule has 0 bridgehead atoms. The van der Waals surface area contributed by atoms with Crippen LogP contribution in [0.5, 0.6) is 5.75 Å². The number of amides is 1. The standard InChI is InChI=1S/C19H24N2O4S/c1-5-20-26(23,24)17-11-6-14(4)18(12-17)19(22)21-15-7-9-16(10-8-15)25-13(2)3/h6-13,20H,5H2,1-4H3,(H,21,22). The Morgan fingerprint density at radius 3 is 2.35 bits per heavy atom. The van der Waals surface area contributed by atoms with E-state index in [1.807, 2.05) is 13.8 Å². The highest BCUT2D eigenvalue weighted by Gasteiger charge is 2.17. The van der Waals surface area contributed by atoms with Crippen LogP contribution in [0.2, 0.25) is 0 Å². The van der Waals surface area contributed by atoms with Gasteiger partial charge in [-0.1, -0.05) is 13.0 Å². The van der Waals surface area contributed by atoms with E-state index >= 15 is 0 Å². The molecule has 2 rings (SSSR count). The van der Waals surface area contributed by atoms with Gasteiger partial charge in [-0.15, -0.1) is 0 Å². The Hall–Kier alpha value is -2.38. The molecule has 0 saturated heterocycles. The number of nitrogens with one attached hydrogen (secondary N) is 2. The minimum absolute atomic E-state index is 0.0655. The van der Waals surface area contributed by atoms with E-state index in [2.05, 4.69) is 10.0 Å². The fourth-order valence-electron chi connectivity index (χ4n) is 2.37. The molecule has 0 aliphatic rings. The van der Waals surface area contributed by atoms with Crippen molar-refractivity contribution in [3.63, 3.8) is 0 Å². The SMILES string of the molecule is CCNS(=O)(=O)c1ccc(C)c(C(=O)Nc2ccc(OC(C)C)cc2)c1. The van der Waals surface area contributed by atoms with Crippen LogP contribution < -0.4 is 14.8 Å². The van der Waals surface area contributed by atoms with Crippen molar-refractivity contribution in [2.24, 2.45) is 0 Å². The molecule has 2 N–H and O–H groups in total. The summed E-state index contributed by atoms with van der Waals surface area (Å²) in [5, 5.41) is 2.78. The number of carbonyl (C=O) groups is 1.